The molecule has 0 saturated carbocycles. The highest BCUT2D eigenvalue weighted by Gasteiger charge is 2.38. The van der Waals surface area contributed by atoms with E-state index in [4.69, 9.17) is 4.74 Å². The number of aliphatic hydroxyl groups excluding tert-OH is 1. The Balaban J connectivity index is 1.91. The molecule has 2 aliphatic rings. The molecule has 7 nitrogen and oxygen atoms in total. The van der Waals surface area contributed by atoms with Gasteiger partial charge in [-0.1, -0.05) is 0 Å². The Hall–Kier alpha value is -2.25. The van der Waals surface area contributed by atoms with Crippen LogP contribution in [0.15, 0.2) is 18.2 Å². The molecule has 3 amide bonds. The van der Waals surface area contributed by atoms with Gasteiger partial charge in [-0.15, -0.1) is 0 Å². The van der Waals surface area contributed by atoms with Crippen molar-refractivity contribution in [2.24, 2.45) is 0 Å². The maximum Gasteiger partial charge on any atom is 0.261 e. The van der Waals surface area contributed by atoms with Gasteiger partial charge in [0.05, 0.1) is 37.0 Å². The van der Waals surface area contributed by atoms with E-state index in [1.165, 1.54) is 17.0 Å². The predicted molar refractivity (Wildman–Crippen MR) is 84.8 cm³/mol. The van der Waals surface area contributed by atoms with Gasteiger partial charge in [0.1, 0.15) is 0 Å². The zero-order chi connectivity index (χ0) is 17.4. The van der Waals surface area contributed by atoms with Crippen molar-refractivity contribution in [2.75, 3.05) is 26.4 Å². The lowest BCUT2D eigenvalue weighted by Gasteiger charge is -2.34. The topological polar surface area (TPSA) is 87.2 Å². The summed E-state index contributed by atoms with van der Waals surface area (Å²) >= 11 is 0. The normalized spacial score (nSPS) is 20.8. The van der Waals surface area contributed by atoms with Crippen molar-refractivity contribution in [3.63, 3.8) is 0 Å². The van der Waals surface area contributed by atoms with Gasteiger partial charge >= 0.3 is 0 Å². The van der Waals surface area contributed by atoms with Gasteiger partial charge in [0.2, 0.25) is 0 Å². The number of fused-ring (bicyclic) bond motifs is 1. The first kappa shape index (κ1) is 16.6. The number of carbonyl (C=O) groups is 3. The molecule has 128 valence electrons. The zero-order valence-electron chi connectivity index (χ0n) is 13.7. The number of hydrogen-bond donors (Lipinski definition) is 1. The van der Waals surface area contributed by atoms with E-state index in [2.05, 4.69) is 0 Å². The van der Waals surface area contributed by atoms with E-state index in [9.17, 15) is 19.5 Å². The minimum atomic E-state index is -0.399. The molecule has 0 radical (unpaired) electrons. The Bertz CT molecular complexity index is 700. The molecule has 1 unspecified atom stereocenters. The Morgan fingerprint density at radius 2 is 2.00 bits per heavy atom. The number of imide groups is 1. The van der Waals surface area contributed by atoms with Crippen molar-refractivity contribution in [2.45, 2.75) is 25.9 Å². The third-order valence-electron chi connectivity index (χ3n) is 4.38. The Kier molecular flexibility index (Phi) is 4.38. The van der Waals surface area contributed by atoms with Gasteiger partial charge in [0, 0.05) is 18.2 Å². The minimum absolute atomic E-state index is 0.185. The second kappa shape index (κ2) is 6.33. The first-order valence-corrected chi connectivity index (χ1v) is 7.97. The average molecular weight is 332 g/mol. The summed E-state index contributed by atoms with van der Waals surface area (Å²) in [5.74, 6) is -0.979. The first-order valence-electron chi connectivity index (χ1n) is 7.97. The van der Waals surface area contributed by atoms with Crippen LogP contribution in [-0.4, -0.2) is 71.1 Å². The summed E-state index contributed by atoms with van der Waals surface area (Å²) in [7, 11) is 0. The summed E-state index contributed by atoms with van der Waals surface area (Å²) in [6.07, 6.45) is 0. The molecule has 7 heteroatoms. The number of ether oxygens (including phenoxy) is 1. The number of carbonyl (C=O) groups excluding carboxylic acids is 3. The maximum absolute atomic E-state index is 12.7. The molecule has 1 aromatic carbocycles. The monoisotopic (exact) mass is 332 g/mol. The predicted octanol–water partition coefficient (Wildman–Crippen LogP) is 0.524. The lowest BCUT2D eigenvalue weighted by molar-refractivity contribution is -0.0183. The molecular weight excluding hydrogens is 312 g/mol. The van der Waals surface area contributed by atoms with E-state index in [1.54, 1.807) is 24.8 Å². The van der Waals surface area contributed by atoms with Crippen molar-refractivity contribution in [1.82, 2.24) is 9.80 Å². The summed E-state index contributed by atoms with van der Waals surface area (Å²) < 4.78 is 5.28. The van der Waals surface area contributed by atoms with Gasteiger partial charge in [-0.25, -0.2) is 0 Å². The molecule has 1 N–H and O–H groups in total. The molecule has 3 rings (SSSR count). The summed E-state index contributed by atoms with van der Waals surface area (Å²) in [6.45, 7) is 4.43. The highest BCUT2D eigenvalue weighted by atomic mass is 16.5. The molecule has 0 spiro atoms. The van der Waals surface area contributed by atoms with E-state index in [1.807, 2.05) is 0 Å². The lowest BCUT2D eigenvalue weighted by Crippen LogP contribution is -2.50. The van der Waals surface area contributed by atoms with Crippen LogP contribution >= 0.6 is 0 Å². The van der Waals surface area contributed by atoms with Crippen molar-refractivity contribution in [3.8, 4) is 0 Å². The third-order valence-corrected chi connectivity index (χ3v) is 4.38. The van der Waals surface area contributed by atoms with Crippen LogP contribution in [0.1, 0.15) is 44.9 Å². The van der Waals surface area contributed by atoms with Gasteiger partial charge in [0.25, 0.3) is 17.7 Å². The van der Waals surface area contributed by atoms with Crippen molar-refractivity contribution in [3.05, 3.63) is 34.9 Å². The number of morpholine rings is 1. The summed E-state index contributed by atoms with van der Waals surface area (Å²) in [5, 5.41) is 9.41. The van der Waals surface area contributed by atoms with E-state index < -0.39 is 6.04 Å². The number of aliphatic hydroxyl groups is 1. The number of amides is 3. The van der Waals surface area contributed by atoms with Crippen LogP contribution in [0.2, 0.25) is 0 Å². The van der Waals surface area contributed by atoms with Gasteiger partial charge in [-0.2, -0.15) is 0 Å². The number of benzene rings is 1. The second-order valence-electron chi connectivity index (χ2n) is 6.24. The van der Waals surface area contributed by atoms with E-state index in [-0.39, 0.29) is 42.5 Å². The number of nitrogens with zero attached hydrogens (tertiary/aromatic N) is 2. The first-order chi connectivity index (χ1) is 11.5. The van der Waals surface area contributed by atoms with E-state index >= 15 is 0 Å². The van der Waals surface area contributed by atoms with Crippen LogP contribution in [0.25, 0.3) is 0 Å². The molecular formula is C17H20N2O5. The summed E-state index contributed by atoms with van der Waals surface area (Å²) in [6, 6.07) is 3.92. The molecule has 0 aromatic heterocycles. The average Bonchev–Trinajstić information content (AvgIpc) is 2.84. The van der Waals surface area contributed by atoms with E-state index in [0.29, 0.717) is 24.3 Å². The summed E-state index contributed by atoms with van der Waals surface area (Å²) in [5.41, 5.74) is 0.917. The van der Waals surface area contributed by atoms with Crippen molar-refractivity contribution < 1.29 is 24.2 Å². The van der Waals surface area contributed by atoms with Crippen LogP contribution < -0.4 is 0 Å². The Morgan fingerprint density at radius 3 is 2.67 bits per heavy atom. The van der Waals surface area contributed by atoms with Gasteiger partial charge < -0.3 is 14.7 Å². The van der Waals surface area contributed by atoms with Crippen LogP contribution in [0.3, 0.4) is 0 Å². The summed E-state index contributed by atoms with van der Waals surface area (Å²) in [4.78, 5) is 40.2. The number of rotatable bonds is 3. The molecule has 2 aliphatic heterocycles. The Labute approximate surface area is 139 Å². The largest absolute Gasteiger partial charge is 0.394 e. The fourth-order valence-corrected chi connectivity index (χ4v) is 3.10. The van der Waals surface area contributed by atoms with Crippen molar-refractivity contribution in [1.29, 1.82) is 0 Å². The standard InChI is InChI=1S/C17H20N2O5/c1-10(2)19-16(22)13-4-3-11(7-14(13)17(19)23)15(21)18-5-6-24-9-12(18)8-20/h3-4,7,10,12,20H,5-6,8-9H2,1-2H3. The van der Waals surface area contributed by atoms with Crippen molar-refractivity contribution >= 4 is 17.7 Å². The van der Waals surface area contributed by atoms with Gasteiger partial charge in [-0.05, 0) is 32.0 Å². The third kappa shape index (κ3) is 2.59. The van der Waals surface area contributed by atoms with Gasteiger partial charge in [0.15, 0.2) is 0 Å². The molecule has 1 aromatic rings. The molecule has 0 bridgehead atoms. The fourth-order valence-electron chi connectivity index (χ4n) is 3.10. The number of hydrogen-bond acceptors (Lipinski definition) is 5. The quantitative estimate of drug-likeness (QED) is 0.816. The highest BCUT2D eigenvalue weighted by Crippen LogP contribution is 2.26. The molecule has 0 aliphatic carbocycles. The molecule has 1 saturated heterocycles. The van der Waals surface area contributed by atoms with Crippen LogP contribution in [0.4, 0.5) is 0 Å². The van der Waals surface area contributed by atoms with Crippen LogP contribution in [0.5, 0.6) is 0 Å². The molecule has 24 heavy (non-hydrogen) atoms. The lowest BCUT2D eigenvalue weighted by atomic mass is 10.0. The zero-order valence-corrected chi connectivity index (χ0v) is 13.7. The minimum Gasteiger partial charge on any atom is -0.394 e. The van der Waals surface area contributed by atoms with Gasteiger partial charge in [-0.3, -0.25) is 19.3 Å². The fraction of sp³-hybridized carbons (Fsp3) is 0.471. The maximum atomic E-state index is 12.7. The Morgan fingerprint density at radius 1 is 1.29 bits per heavy atom. The molecule has 1 fully saturated rings. The molecule has 1 atom stereocenters. The molecule has 2 heterocycles. The van der Waals surface area contributed by atoms with Crippen LogP contribution in [-0.2, 0) is 4.74 Å². The smallest absolute Gasteiger partial charge is 0.261 e. The highest BCUT2D eigenvalue weighted by molar-refractivity contribution is 6.22. The van der Waals surface area contributed by atoms with Crippen LogP contribution in [0, 0.1) is 0 Å². The van der Waals surface area contributed by atoms with E-state index in [0.717, 1.165) is 0 Å². The second-order valence-corrected chi connectivity index (χ2v) is 6.24. The SMILES string of the molecule is CC(C)N1C(=O)c2ccc(C(=O)N3CCOCC3CO)cc2C1=O.